The van der Waals surface area contributed by atoms with Gasteiger partial charge >= 0.3 is 12.4 Å². The number of fused-ring (bicyclic) bond motifs is 1. The average Bonchev–Trinajstić information content (AvgIpc) is 3.14. The van der Waals surface area contributed by atoms with E-state index in [0.29, 0.717) is 0 Å². The maximum Gasteiger partial charge on any atom is 0.416 e. The Kier molecular flexibility index (Phi) is 6.02. The number of nitrogens with zero attached hydrogens (tertiary/aromatic N) is 3. The number of alkyl halides is 6. The lowest BCUT2D eigenvalue weighted by atomic mass is 9.84. The van der Waals surface area contributed by atoms with Crippen molar-refractivity contribution < 1.29 is 26.3 Å². The van der Waals surface area contributed by atoms with Gasteiger partial charge in [-0.3, -0.25) is 9.36 Å². The molecule has 2 aromatic carbocycles. The summed E-state index contributed by atoms with van der Waals surface area (Å²) >= 11 is 0.736. The average molecular weight is 518 g/mol. The minimum absolute atomic E-state index is 0.0281. The van der Waals surface area contributed by atoms with E-state index in [1.807, 2.05) is 6.07 Å². The van der Waals surface area contributed by atoms with Crippen molar-refractivity contribution in [2.45, 2.75) is 18.3 Å². The van der Waals surface area contributed by atoms with Crippen molar-refractivity contribution in [1.82, 2.24) is 4.57 Å². The number of halogens is 6. The molecule has 0 unspecified atom stereocenters. The summed E-state index contributed by atoms with van der Waals surface area (Å²) in [7, 11) is 0. The highest BCUT2D eigenvalue weighted by molar-refractivity contribution is 7.07. The molecule has 1 aliphatic rings. The van der Waals surface area contributed by atoms with E-state index < -0.39 is 35.0 Å². The number of thiazole rings is 1. The fourth-order valence-electron chi connectivity index (χ4n) is 3.84. The van der Waals surface area contributed by atoms with Gasteiger partial charge in [-0.15, -0.1) is 11.3 Å². The number of rotatable bonds is 2. The molecule has 2 heterocycles. The zero-order valence-electron chi connectivity index (χ0n) is 17.8. The third kappa shape index (κ3) is 4.27. The molecule has 5 nitrogen and oxygen atoms in total. The Morgan fingerprint density at radius 2 is 1.50 bits per heavy atom. The van der Waals surface area contributed by atoms with Crippen LogP contribution in [0.25, 0.3) is 17.5 Å². The summed E-state index contributed by atoms with van der Waals surface area (Å²) in [6.07, 6.45) is -8.11. The molecule has 4 rings (SSSR count). The zero-order valence-corrected chi connectivity index (χ0v) is 18.6. The first-order valence-corrected chi connectivity index (χ1v) is 10.8. The SMILES string of the molecule is N#CC1=C(N)n2c(sc(=Cc3cccc(C(F)(F)F)c3)c2=O)=C(C#N)[C@H]1c1cccc(C(F)(F)F)c1. The number of hydrogen-bond acceptors (Lipinski definition) is 5. The number of allylic oxidation sites excluding steroid dienone is 1. The van der Waals surface area contributed by atoms with Gasteiger partial charge in [-0.25, -0.2) is 0 Å². The number of nitrogens with two attached hydrogens (primary N) is 1. The van der Waals surface area contributed by atoms with Crippen molar-refractivity contribution in [3.05, 3.63) is 95.9 Å². The smallest absolute Gasteiger partial charge is 0.384 e. The van der Waals surface area contributed by atoms with Crippen LogP contribution < -0.4 is 20.5 Å². The number of aromatic nitrogens is 1. The van der Waals surface area contributed by atoms with Crippen molar-refractivity contribution in [3.63, 3.8) is 0 Å². The Balaban J connectivity index is 2.00. The molecule has 2 N–H and O–H groups in total. The Morgan fingerprint density at radius 1 is 0.917 bits per heavy atom. The van der Waals surface area contributed by atoms with Crippen LogP contribution in [0.5, 0.6) is 0 Å². The predicted molar refractivity (Wildman–Crippen MR) is 119 cm³/mol. The molecule has 0 spiro atoms. The molecule has 36 heavy (non-hydrogen) atoms. The van der Waals surface area contributed by atoms with E-state index >= 15 is 0 Å². The molecule has 0 fully saturated rings. The van der Waals surface area contributed by atoms with E-state index in [1.165, 1.54) is 24.3 Å². The van der Waals surface area contributed by atoms with Gasteiger partial charge in [0.1, 0.15) is 10.5 Å². The maximum absolute atomic E-state index is 13.3. The van der Waals surface area contributed by atoms with Crippen LogP contribution in [0.4, 0.5) is 26.3 Å². The maximum atomic E-state index is 13.3. The van der Waals surface area contributed by atoms with Crippen LogP contribution in [-0.4, -0.2) is 4.57 Å². The molecule has 0 radical (unpaired) electrons. The van der Waals surface area contributed by atoms with E-state index in [9.17, 15) is 41.7 Å². The van der Waals surface area contributed by atoms with Crippen molar-refractivity contribution in [2.75, 3.05) is 0 Å². The molecule has 0 bridgehead atoms. The molecule has 0 saturated carbocycles. The number of nitriles is 2. The Hall–Kier alpha value is -4.29. The van der Waals surface area contributed by atoms with E-state index in [2.05, 4.69) is 0 Å². The lowest BCUT2D eigenvalue weighted by molar-refractivity contribution is -0.138. The Morgan fingerprint density at radius 3 is 2.08 bits per heavy atom. The van der Waals surface area contributed by atoms with Gasteiger partial charge in [0.15, 0.2) is 0 Å². The summed E-state index contributed by atoms with van der Waals surface area (Å²) in [6.45, 7) is 0. The molecule has 182 valence electrons. The molecule has 0 saturated heterocycles. The van der Waals surface area contributed by atoms with Gasteiger partial charge in [0.25, 0.3) is 5.56 Å². The second-order valence-electron chi connectivity index (χ2n) is 7.67. The number of hydrogen-bond donors (Lipinski definition) is 1. The van der Waals surface area contributed by atoms with Gasteiger partial charge in [-0.05, 0) is 35.4 Å². The normalized spacial score (nSPS) is 16.5. The summed E-state index contributed by atoms with van der Waals surface area (Å²) < 4.78 is 79.8. The van der Waals surface area contributed by atoms with Gasteiger partial charge in [0, 0.05) is 0 Å². The first-order chi connectivity index (χ1) is 16.9. The highest BCUT2D eigenvalue weighted by atomic mass is 32.1. The third-order valence-electron chi connectivity index (χ3n) is 5.45. The second kappa shape index (κ2) is 8.73. The van der Waals surface area contributed by atoms with E-state index in [1.54, 1.807) is 6.07 Å². The quantitative estimate of drug-likeness (QED) is 0.521. The van der Waals surface area contributed by atoms with Crippen molar-refractivity contribution in [1.29, 1.82) is 10.5 Å². The molecular weight excluding hydrogens is 506 g/mol. The largest absolute Gasteiger partial charge is 0.416 e. The van der Waals surface area contributed by atoms with Crippen LogP contribution in [0, 0.1) is 22.7 Å². The van der Waals surface area contributed by atoms with Crippen LogP contribution in [-0.2, 0) is 12.4 Å². The van der Waals surface area contributed by atoms with Crippen molar-refractivity contribution in [2.24, 2.45) is 5.73 Å². The van der Waals surface area contributed by atoms with Crippen LogP contribution in [0.2, 0.25) is 0 Å². The fourth-order valence-corrected chi connectivity index (χ4v) is 4.96. The minimum Gasteiger partial charge on any atom is -0.384 e. The summed E-state index contributed by atoms with van der Waals surface area (Å²) in [6, 6.07) is 11.9. The van der Waals surface area contributed by atoms with Gasteiger partial charge < -0.3 is 5.73 Å². The van der Waals surface area contributed by atoms with Gasteiger partial charge in [-0.2, -0.15) is 36.9 Å². The highest BCUT2D eigenvalue weighted by Gasteiger charge is 2.35. The minimum atomic E-state index is -4.68. The van der Waals surface area contributed by atoms with Crippen molar-refractivity contribution in [3.8, 4) is 12.1 Å². The highest BCUT2D eigenvalue weighted by Crippen LogP contribution is 2.38. The van der Waals surface area contributed by atoms with Crippen LogP contribution in [0.3, 0.4) is 0 Å². The lowest BCUT2D eigenvalue weighted by Gasteiger charge is -2.23. The van der Waals surface area contributed by atoms with E-state index in [-0.39, 0.29) is 37.3 Å². The molecule has 0 aliphatic carbocycles. The summed E-state index contributed by atoms with van der Waals surface area (Å²) in [5.74, 6) is -1.65. The van der Waals surface area contributed by atoms with Crippen LogP contribution in [0.1, 0.15) is 28.2 Å². The van der Waals surface area contributed by atoms with Gasteiger partial charge in [-0.1, -0.05) is 30.3 Å². The Labute approximate surface area is 202 Å². The van der Waals surface area contributed by atoms with Crippen molar-refractivity contribution >= 4 is 28.8 Å². The van der Waals surface area contributed by atoms with Crippen LogP contribution in [0.15, 0.2) is 58.9 Å². The third-order valence-corrected chi connectivity index (χ3v) is 6.56. The van der Waals surface area contributed by atoms with E-state index in [4.69, 9.17) is 5.73 Å². The summed E-state index contributed by atoms with van der Waals surface area (Å²) in [5, 5.41) is 19.6. The monoisotopic (exact) mass is 518 g/mol. The van der Waals surface area contributed by atoms with Gasteiger partial charge in [0.2, 0.25) is 0 Å². The standard InChI is InChI=1S/C24H12F6N4OS/c25-23(26,27)14-5-1-3-12(7-14)8-18-21(35)34-20(33)16(10-31)19(17(11-32)22(34)36-18)13-4-2-6-15(9-13)24(28,29)30/h1-9,19H,33H2/t19-/m0/s1. The van der Waals surface area contributed by atoms with Gasteiger partial charge in [0.05, 0.1) is 44.9 Å². The molecule has 1 atom stereocenters. The molecule has 1 aliphatic heterocycles. The molecule has 3 aromatic rings. The molecule has 1 aromatic heterocycles. The first-order valence-electron chi connectivity index (χ1n) is 9.99. The first kappa shape index (κ1) is 24.8. The predicted octanol–water partition coefficient (Wildman–Crippen LogP) is 3.90. The summed E-state index contributed by atoms with van der Waals surface area (Å²) in [4.78, 5) is 13.1. The number of benzene rings is 2. The summed E-state index contributed by atoms with van der Waals surface area (Å²) in [5.41, 5.74) is 2.89. The van der Waals surface area contributed by atoms with E-state index in [0.717, 1.165) is 46.2 Å². The molecular formula is C24H12F6N4OS. The molecule has 0 amide bonds. The van der Waals surface area contributed by atoms with Crippen LogP contribution >= 0.6 is 11.3 Å². The second-order valence-corrected chi connectivity index (χ2v) is 8.70. The fraction of sp³-hybridized carbons (Fsp3) is 0.125. The Bertz CT molecular complexity index is 1680. The lowest BCUT2D eigenvalue weighted by Crippen LogP contribution is -2.38. The zero-order chi connectivity index (χ0) is 26.4. The topological polar surface area (TPSA) is 95.6 Å². The molecule has 12 heteroatoms.